The van der Waals surface area contributed by atoms with Crippen LogP contribution in [0.5, 0.6) is 0 Å². The molecule has 19 heavy (non-hydrogen) atoms. The van der Waals surface area contributed by atoms with Gasteiger partial charge in [-0.3, -0.25) is 0 Å². The average Bonchev–Trinajstić information content (AvgIpc) is 2.65. The van der Waals surface area contributed by atoms with Crippen LogP contribution in [0, 0.1) is 0 Å². The highest BCUT2D eigenvalue weighted by atomic mass is 32.2. The summed E-state index contributed by atoms with van der Waals surface area (Å²) in [4.78, 5) is 0. The molecule has 0 atom stereocenters. The van der Waals surface area contributed by atoms with Gasteiger partial charge in [0.15, 0.2) is 0 Å². The predicted octanol–water partition coefficient (Wildman–Crippen LogP) is 1.18. The summed E-state index contributed by atoms with van der Waals surface area (Å²) in [6, 6.07) is 0.241. The first-order chi connectivity index (χ1) is 9.16. The van der Waals surface area contributed by atoms with Crippen LogP contribution in [0.2, 0.25) is 0 Å². The van der Waals surface area contributed by atoms with E-state index < -0.39 is 10.2 Å². The van der Waals surface area contributed by atoms with E-state index in [0.29, 0.717) is 19.6 Å². The number of nitrogens with zero attached hydrogens (tertiary/aromatic N) is 2. The predicted molar refractivity (Wildman–Crippen MR) is 77.2 cm³/mol. The molecular weight excluding hydrogens is 262 g/mol. The third-order valence-corrected chi connectivity index (χ3v) is 6.34. The molecule has 0 amide bonds. The molecule has 6 heteroatoms. The largest absolute Gasteiger partial charge is 0.318 e. The first-order valence-electron chi connectivity index (χ1n) is 7.58. The van der Waals surface area contributed by atoms with Gasteiger partial charge in [-0.1, -0.05) is 25.7 Å². The Bertz CT molecular complexity index is 364. The van der Waals surface area contributed by atoms with Crippen molar-refractivity contribution in [2.75, 3.05) is 33.2 Å². The van der Waals surface area contributed by atoms with Gasteiger partial charge in [-0.25, -0.2) is 0 Å². The summed E-state index contributed by atoms with van der Waals surface area (Å²) in [5.74, 6) is 0. The molecule has 2 rings (SSSR count). The van der Waals surface area contributed by atoms with Crippen LogP contribution in [0.1, 0.15) is 44.9 Å². The normalized spacial score (nSPS) is 27.2. The van der Waals surface area contributed by atoms with E-state index in [9.17, 15) is 8.42 Å². The Balaban J connectivity index is 2.06. The van der Waals surface area contributed by atoms with E-state index in [4.69, 9.17) is 0 Å². The summed E-state index contributed by atoms with van der Waals surface area (Å²) in [6.45, 7) is 2.69. The minimum atomic E-state index is -3.23. The van der Waals surface area contributed by atoms with Crippen molar-refractivity contribution in [3.63, 3.8) is 0 Å². The number of hydrogen-bond donors (Lipinski definition) is 1. The minimum absolute atomic E-state index is 0.241. The molecule has 2 aliphatic rings. The monoisotopic (exact) mass is 289 g/mol. The molecule has 5 nitrogen and oxygen atoms in total. The molecular formula is C13H27N3O2S. The summed E-state index contributed by atoms with van der Waals surface area (Å²) >= 11 is 0. The number of nitrogens with one attached hydrogen (secondary N) is 1. The van der Waals surface area contributed by atoms with Crippen molar-refractivity contribution in [2.24, 2.45) is 0 Å². The minimum Gasteiger partial charge on any atom is -0.318 e. The van der Waals surface area contributed by atoms with Crippen molar-refractivity contribution in [3.8, 4) is 0 Å². The lowest BCUT2D eigenvalue weighted by atomic mass is 10.1. The highest BCUT2D eigenvalue weighted by Gasteiger charge is 2.37. The molecule has 0 aromatic heterocycles. The van der Waals surface area contributed by atoms with Gasteiger partial charge < -0.3 is 5.32 Å². The maximum absolute atomic E-state index is 12.7. The maximum Gasteiger partial charge on any atom is 0.282 e. The van der Waals surface area contributed by atoms with Crippen molar-refractivity contribution >= 4 is 10.2 Å². The summed E-state index contributed by atoms with van der Waals surface area (Å²) in [5.41, 5.74) is 0. The Morgan fingerprint density at radius 2 is 1.74 bits per heavy atom. The summed E-state index contributed by atoms with van der Waals surface area (Å²) in [6.07, 6.45) is 7.90. The van der Waals surface area contributed by atoms with Gasteiger partial charge in [0.25, 0.3) is 10.2 Å². The number of likely N-dealkylation sites (N-methyl/N-ethyl adjacent to an activating group) is 1. The van der Waals surface area contributed by atoms with Gasteiger partial charge in [0.2, 0.25) is 0 Å². The van der Waals surface area contributed by atoms with Crippen LogP contribution in [0.15, 0.2) is 0 Å². The molecule has 1 heterocycles. The molecule has 112 valence electrons. The molecule has 0 aromatic carbocycles. The molecule has 0 spiro atoms. The molecule has 1 saturated heterocycles. The molecule has 0 radical (unpaired) electrons. The summed E-state index contributed by atoms with van der Waals surface area (Å²) in [7, 11) is -1.36. The van der Waals surface area contributed by atoms with E-state index >= 15 is 0 Å². The number of hydrogen-bond acceptors (Lipinski definition) is 3. The second kappa shape index (κ2) is 7.02. The third kappa shape index (κ3) is 3.68. The lowest BCUT2D eigenvalue weighted by Gasteiger charge is -2.39. The second-order valence-electron chi connectivity index (χ2n) is 5.62. The lowest BCUT2D eigenvalue weighted by molar-refractivity contribution is 0.226. The van der Waals surface area contributed by atoms with Crippen LogP contribution >= 0.6 is 0 Å². The highest BCUT2D eigenvalue weighted by Crippen LogP contribution is 2.27. The fourth-order valence-corrected chi connectivity index (χ4v) is 5.09. The molecule has 1 aliphatic carbocycles. The molecule has 0 bridgehead atoms. The Labute approximate surface area is 117 Å². The van der Waals surface area contributed by atoms with Gasteiger partial charge in [0, 0.05) is 32.2 Å². The van der Waals surface area contributed by atoms with Crippen LogP contribution in [0.25, 0.3) is 0 Å². The van der Waals surface area contributed by atoms with Gasteiger partial charge in [-0.05, 0) is 26.3 Å². The average molecular weight is 289 g/mol. The molecule has 1 saturated carbocycles. The quantitative estimate of drug-likeness (QED) is 0.791. The van der Waals surface area contributed by atoms with E-state index in [1.807, 2.05) is 7.05 Å². The summed E-state index contributed by atoms with van der Waals surface area (Å²) < 4.78 is 28.7. The van der Waals surface area contributed by atoms with Gasteiger partial charge in [0.05, 0.1) is 0 Å². The van der Waals surface area contributed by atoms with Crippen LogP contribution in [-0.4, -0.2) is 56.3 Å². The van der Waals surface area contributed by atoms with Crippen molar-refractivity contribution in [1.29, 1.82) is 0 Å². The van der Waals surface area contributed by atoms with Gasteiger partial charge >= 0.3 is 0 Å². The van der Waals surface area contributed by atoms with Gasteiger partial charge in [-0.2, -0.15) is 17.0 Å². The van der Waals surface area contributed by atoms with Crippen molar-refractivity contribution in [3.05, 3.63) is 0 Å². The molecule has 0 aromatic rings. The van der Waals surface area contributed by atoms with Crippen LogP contribution in [0.3, 0.4) is 0 Å². The molecule has 1 N–H and O–H groups in total. The van der Waals surface area contributed by atoms with E-state index in [-0.39, 0.29) is 6.04 Å². The maximum atomic E-state index is 12.7. The summed E-state index contributed by atoms with van der Waals surface area (Å²) in [5, 5.41) is 3.03. The zero-order chi connectivity index (χ0) is 13.7. The van der Waals surface area contributed by atoms with E-state index in [2.05, 4.69) is 5.32 Å². The van der Waals surface area contributed by atoms with Crippen molar-refractivity contribution in [2.45, 2.75) is 51.0 Å². The Kier molecular flexibility index (Phi) is 5.62. The fourth-order valence-electron chi connectivity index (χ4n) is 3.16. The van der Waals surface area contributed by atoms with E-state index in [1.165, 1.54) is 25.7 Å². The van der Waals surface area contributed by atoms with Gasteiger partial charge in [0.1, 0.15) is 0 Å². The first kappa shape index (κ1) is 15.2. The van der Waals surface area contributed by atoms with Crippen molar-refractivity contribution in [1.82, 2.24) is 13.9 Å². The Hall–Kier alpha value is -0.170. The molecule has 2 fully saturated rings. The first-order valence-corrected chi connectivity index (χ1v) is 8.97. The standard InChI is InChI=1S/C13H27N3O2S/c1-14-9-12-15-10-6-11-16(19(15,17)18)13-7-4-2-3-5-8-13/h13-14H,2-12H2,1H3. The van der Waals surface area contributed by atoms with E-state index in [1.54, 1.807) is 8.61 Å². The molecule has 0 unspecified atom stereocenters. The van der Waals surface area contributed by atoms with E-state index in [0.717, 1.165) is 25.8 Å². The SMILES string of the molecule is CNCCN1CCCN(C2CCCCCC2)S1(=O)=O. The number of rotatable bonds is 4. The van der Waals surface area contributed by atoms with Crippen molar-refractivity contribution < 1.29 is 8.42 Å². The Morgan fingerprint density at radius 1 is 1.05 bits per heavy atom. The highest BCUT2D eigenvalue weighted by molar-refractivity contribution is 7.86. The molecule has 1 aliphatic heterocycles. The third-order valence-electron chi connectivity index (χ3n) is 4.25. The zero-order valence-corrected chi connectivity index (χ0v) is 12.8. The smallest absolute Gasteiger partial charge is 0.282 e. The zero-order valence-electron chi connectivity index (χ0n) is 12.0. The van der Waals surface area contributed by atoms with Crippen LogP contribution < -0.4 is 5.32 Å². The second-order valence-corrected chi connectivity index (χ2v) is 7.50. The fraction of sp³-hybridized carbons (Fsp3) is 1.00. The Morgan fingerprint density at radius 3 is 2.37 bits per heavy atom. The topological polar surface area (TPSA) is 52.6 Å². The van der Waals surface area contributed by atoms with Crippen LogP contribution in [0.4, 0.5) is 0 Å². The van der Waals surface area contributed by atoms with Gasteiger partial charge in [-0.15, -0.1) is 0 Å². The van der Waals surface area contributed by atoms with Crippen LogP contribution in [-0.2, 0) is 10.2 Å². The lowest BCUT2D eigenvalue weighted by Crippen LogP contribution is -2.54.